The molecule has 0 saturated heterocycles. The molecule has 1 amide bonds. The zero-order chi connectivity index (χ0) is 25.7. The van der Waals surface area contributed by atoms with Crippen LogP contribution in [0.2, 0.25) is 0 Å². The summed E-state index contributed by atoms with van der Waals surface area (Å²) in [6.07, 6.45) is 3.01. The number of nitrogens with zero attached hydrogens (tertiary/aromatic N) is 3. The van der Waals surface area contributed by atoms with Gasteiger partial charge in [0.2, 0.25) is 5.91 Å². The van der Waals surface area contributed by atoms with Gasteiger partial charge in [0.1, 0.15) is 11.4 Å². The summed E-state index contributed by atoms with van der Waals surface area (Å²) in [4.78, 5) is 53.2. The molecule has 0 aliphatic rings. The fraction of sp³-hybridized carbons (Fsp3) is 0.200. The molecule has 0 fully saturated rings. The monoisotopic (exact) mass is 506 g/mol. The predicted octanol–water partition coefficient (Wildman–Crippen LogP) is 4.63. The molecule has 1 N–H and O–H groups in total. The first-order valence-electron chi connectivity index (χ1n) is 11.2. The highest BCUT2D eigenvalue weighted by atomic mass is 32.1. The van der Waals surface area contributed by atoms with Crippen molar-refractivity contribution in [3.8, 4) is 11.1 Å². The average Bonchev–Trinajstić information content (AvgIpc) is 3.31. The molecule has 2 aromatic heterocycles. The topological polar surface area (TPSA) is 133 Å². The molecular weight excluding hydrogens is 484 g/mol. The van der Waals surface area contributed by atoms with Crippen molar-refractivity contribution in [3.63, 3.8) is 0 Å². The van der Waals surface area contributed by atoms with Crippen LogP contribution in [0.5, 0.6) is 0 Å². The minimum Gasteiger partial charge on any atom is -0.462 e. The Morgan fingerprint density at radius 1 is 1.19 bits per heavy atom. The van der Waals surface area contributed by atoms with Gasteiger partial charge < -0.3 is 10.1 Å². The Bertz CT molecular complexity index is 1490. The van der Waals surface area contributed by atoms with Crippen molar-refractivity contribution < 1.29 is 19.2 Å². The number of carbonyl (C=O) groups is 2. The lowest BCUT2D eigenvalue weighted by Crippen LogP contribution is -2.27. The van der Waals surface area contributed by atoms with Gasteiger partial charge in [0, 0.05) is 28.8 Å². The number of nitro groups is 1. The number of anilines is 1. The molecule has 0 aliphatic heterocycles. The number of aromatic nitrogens is 2. The highest BCUT2D eigenvalue weighted by Gasteiger charge is 2.17. The van der Waals surface area contributed by atoms with E-state index in [1.807, 2.05) is 6.92 Å². The van der Waals surface area contributed by atoms with Gasteiger partial charge in [-0.25, -0.2) is 9.78 Å². The summed E-state index contributed by atoms with van der Waals surface area (Å²) in [7, 11) is 0. The Hall–Kier alpha value is -4.38. The molecule has 0 unspecified atom stereocenters. The Kier molecular flexibility index (Phi) is 7.50. The molecule has 0 bridgehead atoms. The summed E-state index contributed by atoms with van der Waals surface area (Å²) >= 11 is 1.24. The van der Waals surface area contributed by atoms with Gasteiger partial charge >= 0.3 is 5.97 Å². The Morgan fingerprint density at radius 2 is 1.97 bits per heavy atom. The number of carbonyl (C=O) groups excluding carboxylic acids is 2. The number of hydrogen-bond acceptors (Lipinski definition) is 8. The number of fused-ring (bicyclic) bond motifs is 1. The molecule has 184 valence electrons. The summed E-state index contributed by atoms with van der Waals surface area (Å²) in [5, 5.41) is 15.9. The van der Waals surface area contributed by atoms with Crippen molar-refractivity contribution in [2.24, 2.45) is 0 Å². The molecule has 4 rings (SSSR count). The second-order valence-corrected chi connectivity index (χ2v) is 8.79. The predicted molar refractivity (Wildman–Crippen MR) is 136 cm³/mol. The number of non-ortho nitro benzene ring substituents is 1. The van der Waals surface area contributed by atoms with E-state index < -0.39 is 22.4 Å². The van der Waals surface area contributed by atoms with Crippen LogP contribution < -0.4 is 10.9 Å². The molecule has 36 heavy (non-hydrogen) atoms. The Balaban J connectivity index is 1.50. The number of esters is 1. The maximum absolute atomic E-state index is 13.2. The number of nitrogens with one attached hydrogen (secondary N) is 1. The SMILES string of the molecule is CCCCOC(=O)c1ccc(NC(=O)Cn2cnc3scc(-c4cccc([N+](=O)[O-])c4)c3c2=O)cc1. The van der Waals surface area contributed by atoms with Crippen LogP contribution in [0.3, 0.4) is 0 Å². The number of unbranched alkanes of at least 4 members (excludes halogenated alkanes) is 1. The Labute approximate surface area is 209 Å². The second-order valence-electron chi connectivity index (χ2n) is 7.93. The maximum atomic E-state index is 13.2. The van der Waals surface area contributed by atoms with Gasteiger partial charge in [-0.05, 0) is 36.2 Å². The van der Waals surface area contributed by atoms with Crippen molar-refractivity contribution in [2.45, 2.75) is 26.3 Å². The second kappa shape index (κ2) is 10.9. The minimum atomic E-state index is -0.499. The number of rotatable bonds is 9. The molecule has 0 spiro atoms. The van der Waals surface area contributed by atoms with Crippen molar-refractivity contribution in [2.75, 3.05) is 11.9 Å². The molecule has 0 radical (unpaired) electrons. The summed E-state index contributed by atoms with van der Waals surface area (Å²) < 4.78 is 6.35. The minimum absolute atomic E-state index is 0.0873. The van der Waals surface area contributed by atoms with Crippen LogP contribution in [0, 0.1) is 10.1 Å². The third-order valence-electron chi connectivity index (χ3n) is 5.38. The molecule has 10 nitrogen and oxygen atoms in total. The van der Waals surface area contributed by atoms with Gasteiger partial charge in [-0.15, -0.1) is 11.3 Å². The van der Waals surface area contributed by atoms with Gasteiger partial charge in [0.15, 0.2) is 0 Å². The first-order chi connectivity index (χ1) is 17.4. The zero-order valence-corrected chi connectivity index (χ0v) is 20.1. The van der Waals surface area contributed by atoms with E-state index in [9.17, 15) is 24.5 Å². The fourth-order valence-corrected chi connectivity index (χ4v) is 4.42. The normalized spacial score (nSPS) is 10.8. The number of thiophene rings is 1. The van der Waals surface area contributed by atoms with E-state index in [0.29, 0.717) is 39.2 Å². The first-order valence-corrected chi connectivity index (χ1v) is 12.0. The third kappa shape index (κ3) is 5.47. The van der Waals surface area contributed by atoms with Gasteiger partial charge in [-0.1, -0.05) is 25.5 Å². The largest absolute Gasteiger partial charge is 0.462 e. The van der Waals surface area contributed by atoms with Crippen LogP contribution in [0.25, 0.3) is 21.3 Å². The third-order valence-corrected chi connectivity index (χ3v) is 6.26. The molecule has 2 aromatic carbocycles. The van der Waals surface area contributed by atoms with E-state index in [-0.39, 0.29) is 12.2 Å². The van der Waals surface area contributed by atoms with Crippen LogP contribution in [0.15, 0.2) is 65.0 Å². The van der Waals surface area contributed by atoms with Gasteiger partial charge in [0.25, 0.3) is 11.2 Å². The van der Waals surface area contributed by atoms with Gasteiger partial charge in [-0.2, -0.15) is 0 Å². The molecule has 0 saturated carbocycles. The standard InChI is InChI=1S/C25H22N4O6S/c1-2-3-11-35-25(32)16-7-9-18(10-8-16)27-21(30)13-28-15-26-23-22(24(28)31)20(14-36-23)17-5-4-6-19(12-17)29(33)34/h4-10,12,14-15H,2-3,11,13H2,1H3,(H,27,30). The molecule has 0 atom stereocenters. The van der Waals surface area contributed by atoms with E-state index in [1.54, 1.807) is 41.8 Å². The number of hydrogen-bond donors (Lipinski definition) is 1. The van der Waals surface area contributed by atoms with Crippen molar-refractivity contribution in [3.05, 3.63) is 86.3 Å². The van der Waals surface area contributed by atoms with E-state index >= 15 is 0 Å². The van der Waals surface area contributed by atoms with Crippen LogP contribution in [0.1, 0.15) is 30.1 Å². The average molecular weight is 507 g/mol. The van der Waals surface area contributed by atoms with E-state index in [1.165, 1.54) is 34.4 Å². The molecule has 4 aromatic rings. The summed E-state index contributed by atoms with van der Waals surface area (Å²) in [5.41, 5.74) is 1.36. The molecule has 11 heteroatoms. The van der Waals surface area contributed by atoms with E-state index in [0.717, 1.165) is 12.8 Å². The van der Waals surface area contributed by atoms with Crippen molar-refractivity contribution in [1.82, 2.24) is 9.55 Å². The van der Waals surface area contributed by atoms with Gasteiger partial charge in [-0.3, -0.25) is 24.3 Å². The molecule has 0 aliphatic carbocycles. The molecular formula is C25H22N4O6S. The smallest absolute Gasteiger partial charge is 0.338 e. The lowest BCUT2D eigenvalue weighted by atomic mass is 10.1. The number of amides is 1. The zero-order valence-electron chi connectivity index (χ0n) is 19.3. The van der Waals surface area contributed by atoms with Crippen molar-refractivity contribution in [1.29, 1.82) is 0 Å². The first kappa shape index (κ1) is 24.7. The van der Waals surface area contributed by atoms with Crippen LogP contribution in [0.4, 0.5) is 11.4 Å². The lowest BCUT2D eigenvalue weighted by molar-refractivity contribution is -0.384. The van der Waals surface area contributed by atoms with E-state index in [2.05, 4.69) is 10.3 Å². The van der Waals surface area contributed by atoms with Crippen LogP contribution >= 0.6 is 11.3 Å². The van der Waals surface area contributed by atoms with Gasteiger partial charge in [0.05, 0.1) is 28.8 Å². The number of ether oxygens (including phenoxy) is 1. The van der Waals surface area contributed by atoms with Crippen LogP contribution in [-0.2, 0) is 16.1 Å². The summed E-state index contributed by atoms with van der Waals surface area (Å²) in [6, 6.07) is 12.3. The highest BCUT2D eigenvalue weighted by molar-refractivity contribution is 7.17. The van der Waals surface area contributed by atoms with Crippen molar-refractivity contribution >= 4 is 44.8 Å². The molecule has 2 heterocycles. The number of nitro benzene ring substituents is 1. The highest BCUT2D eigenvalue weighted by Crippen LogP contribution is 2.32. The maximum Gasteiger partial charge on any atom is 0.338 e. The fourth-order valence-electron chi connectivity index (χ4n) is 3.52. The summed E-state index contributed by atoms with van der Waals surface area (Å²) in [6.45, 7) is 2.07. The van der Waals surface area contributed by atoms with E-state index in [4.69, 9.17) is 4.74 Å². The lowest BCUT2D eigenvalue weighted by Gasteiger charge is -2.09. The quantitative estimate of drug-likeness (QED) is 0.151. The number of benzene rings is 2. The Morgan fingerprint density at radius 3 is 2.69 bits per heavy atom. The summed E-state index contributed by atoms with van der Waals surface area (Å²) in [5.74, 6) is -0.883. The van der Waals surface area contributed by atoms with Crippen LogP contribution in [-0.4, -0.2) is 33.0 Å².